The average molecular weight is 547 g/mol. The molecule has 1 aliphatic heterocycles. The molecule has 0 amide bonds. The molecule has 0 spiro atoms. The molecule has 0 saturated carbocycles. The fourth-order valence-corrected chi connectivity index (χ4v) is 5.00. The Morgan fingerprint density at radius 3 is 2.09 bits per heavy atom. The molecule has 0 aliphatic carbocycles. The van der Waals surface area contributed by atoms with Crippen molar-refractivity contribution in [3.63, 3.8) is 0 Å². The maximum atomic E-state index is 6.03. The zero-order chi connectivity index (χ0) is 22.8. The van der Waals surface area contributed by atoms with Gasteiger partial charge in [0, 0.05) is 5.56 Å². The molecule has 6 heteroatoms. The minimum Gasteiger partial charge on any atom is -0.493 e. The second kappa shape index (κ2) is 9.25. The monoisotopic (exact) mass is 547 g/mol. The number of hydrogen-bond acceptors (Lipinski definition) is 5. The van der Waals surface area contributed by atoms with Crippen molar-refractivity contribution in [1.82, 2.24) is 0 Å². The van der Waals surface area contributed by atoms with E-state index in [0.717, 1.165) is 27.5 Å². The van der Waals surface area contributed by atoms with Gasteiger partial charge in [0.1, 0.15) is 3.76 Å². The van der Waals surface area contributed by atoms with Crippen LogP contribution in [0.1, 0.15) is 5.56 Å². The number of benzene rings is 4. The van der Waals surface area contributed by atoms with Crippen molar-refractivity contribution in [1.29, 1.82) is 0 Å². The van der Waals surface area contributed by atoms with E-state index < -0.39 is 20.7 Å². The smallest absolute Gasteiger partial charge is 0.161 e. The molecule has 0 unspecified atom stereocenters. The summed E-state index contributed by atoms with van der Waals surface area (Å²) in [6, 6.07) is 27.2. The number of aliphatic imine (C=N–C) groups is 2. The van der Waals surface area contributed by atoms with Crippen LogP contribution < -0.4 is 15.2 Å². The molecular formula is C27H22IN3O2. The third-order valence-electron chi connectivity index (χ3n) is 5.56. The summed E-state index contributed by atoms with van der Waals surface area (Å²) in [5, 5.41) is 2.08. The molecule has 1 aliphatic rings. The number of methoxy groups -OCH3 is 2. The molecule has 164 valence electrons. The number of fused-ring (bicyclic) bond motifs is 1. The molecule has 2 N–H and O–H groups in total. The van der Waals surface area contributed by atoms with Crippen LogP contribution in [-0.4, -0.2) is 28.0 Å². The largest absolute Gasteiger partial charge is 0.493 e. The maximum Gasteiger partial charge on any atom is 0.161 e. The van der Waals surface area contributed by atoms with E-state index in [1.165, 1.54) is 11.1 Å². The van der Waals surface area contributed by atoms with Crippen LogP contribution in [0.15, 0.2) is 88.8 Å². The number of rotatable bonds is 5. The Kier molecular flexibility index (Phi) is 6.02. The molecule has 0 radical (unpaired) electrons. The molecule has 5 nitrogen and oxygen atoms in total. The number of nitrogens with zero attached hydrogens (tertiary/aromatic N) is 2. The molecule has 5 rings (SSSR count). The third kappa shape index (κ3) is 4.31. The first-order valence-electron chi connectivity index (χ1n) is 10.4. The summed E-state index contributed by atoms with van der Waals surface area (Å²) in [5.41, 5.74) is 11.5. The Hall–Kier alpha value is -3.36. The van der Waals surface area contributed by atoms with Gasteiger partial charge in [-0.25, -0.2) is 9.98 Å². The minimum absolute atomic E-state index is 0.417. The topological polar surface area (TPSA) is 69.2 Å². The number of ether oxygens (including phenoxy) is 2. The number of hydrogen-bond donors (Lipinski definition) is 1. The quantitative estimate of drug-likeness (QED) is 0.312. The Balaban J connectivity index is 1.70. The molecule has 0 saturated heterocycles. The first-order valence-corrected chi connectivity index (χ1v) is 12.7. The van der Waals surface area contributed by atoms with Crippen LogP contribution in [0.2, 0.25) is 0 Å². The van der Waals surface area contributed by atoms with E-state index in [9.17, 15) is 0 Å². The molecule has 1 heterocycles. The Morgan fingerprint density at radius 2 is 1.39 bits per heavy atom. The molecule has 4 aromatic carbocycles. The standard InChI is InChI=1S/C27H22IN3O2/c1-32-24-14-20-12-21(26-30-16-28-27(29)31-26)13-22(23(20)15-25(24)33-2)19-10-8-18(9-11-19)17-6-4-3-5-7-17/h3-16H,1-2H3,(H2,29,30,31). The lowest BCUT2D eigenvalue weighted by Crippen LogP contribution is -2.12. The second-order valence-corrected chi connectivity index (χ2v) is 9.77. The summed E-state index contributed by atoms with van der Waals surface area (Å²) in [6.07, 6.45) is 0. The number of amidine groups is 1. The maximum absolute atomic E-state index is 6.03. The van der Waals surface area contributed by atoms with Crippen LogP contribution in [0.4, 0.5) is 0 Å². The normalized spacial score (nSPS) is 13.2. The van der Waals surface area contributed by atoms with Crippen LogP contribution >= 0.6 is 20.7 Å². The van der Waals surface area contributed by atoms with Crippen molar-refractivity contribution >= 4 is 45.3 Å². The van der Waals surface area contributed by atoms with Crippen LogP contribution in [0.3, 0.4) is 0 Å². The highest BCUT2D eigenvalue weighted by Crippen LogP contribution is 2.38. The van der Waals surface area contributed by atoms with Crippen molar-refractivity contribution in [2.24, 2.45) is 15.7 Å². The average Bonchev–Trinajstić information content (AvgIpc) is 2.87. The zero-order valence-electron chi connectivity index (χ0n) is 18.2. The molecule has 0 aromatic heterocycles. The summed E-state index contributed by atoms with van der Waals surface area (Å²) in [4.78, 5) is 9.07. The van der Waals surface area contributed by atoms with Gasteiger partial charge in [-0.1, -0.05) is 54.6 Å². The van der Waals surface area contributed by atoms with Crippen LogP contribution in [0, 0.1) is 0 Å². The van der Waals surface area contributed by atoms with Crippen molar-refractivity contribution < 1.29 is 9.47 Å². The summed E-state index contributed by atoms with van der Waals surface area (Å²) in [5.74, 6) is 2.01. The van der Waals surface area contributed by atoms with Crippen LogP contribution in [-0.2, 0) is 0 Å². The van der Waals surface area contributed by atoms with E-state index in [0.29, 0.717) is 21.1 Å². The summed E-state index contributed by atoms with van der Waals surface area (Å²) < 4.78 is 13.7. The van der Waals surface area contributed by atoms with Crippen LogP contribution in [0.25, 0.3) is 33.0 Å². The van der Waals surface area contributed by atoms with E-state index in [1.807, 2.05) is 22.4 Å². The van der Waals surface area contributed by atoms with Crippen molar-refractivity contribution in [3.05, 3.63) is 84.4 Å². The lowest BCUT2D eigenvalue weighted by Gasteiger charge is -2.15. The van der Waals surface area contributed by atoms with Crippen molar-refractivity contribution in [2.45, 2.75) is 0 Å². The zero-order valence-corrected chi connectivity index (χ0v) is 20.4. The fraction of sp³-hybridized carbons (Fsp3) is 0.0741. The summed E-state index contributed by atoms with van der Waals surface area (Å²) in [6.45, 7) is 0. The molecular weight excluding hydrogens is 525 g/mol. The fourth-order valence-electron chi connectivity index (χ4n) is 3.94. The molecule has 0 fully saturated rings. The summed E-state index contributed by atoms with van der Waals surface area (Å²) in [7, 11) is 3.30. The van der Waals surface area contributed by atoms with E-state index >= 15 is 0 Å². The molecule has 33 heavy (non-hydrogen) atoms. The first-order chi connectivity index (χ1) is 16.2. The predicted octanol–water partition coefficient (Wildman–Crippen LogP) is 6.00. The Labute approximate surface area is 202 Å². The Morgan fingerprint density at radius 1 is 0.727 bits per heavy atom. The van der Waals surface area contributed by atoms with Gasteiger partial charge >= 0.3 is 0 Å². The van der Waals surface area contributed by atoms with Gasteiger partial charge in [0.25, 0.3) is 0 Å². The Bertz CT molecular complexity index is 1430. The SMILES string of the molecule is COc1cc2cc(C3=NC(N)=IC=N3)cc(-c3ccc(-c4ccccc4)cc3)c2cc1OC. The highest BCUT2D eigenvalue weighted by atomic mass is 127. The van der Waals surface area contributed by atoms with Gasteiger partial charge < -0.3 is 9.47 Å². The van der Waals surface area contributed by atoms with E-state index in [-0.39, 0.29) is 0 Å². The molecule has 0 bridgehead atoms. The molecule has 4 aromatic rings. The predicted molar refractivity (Wildman–Crippen MR) is 146 cm³/mol. The lowest BCUT2D eigenvalue weighted by molar-refractivity contribution is 0.356. The lowest BCUT2D eigenvalue weighted by atomic mass is 9.93. The van der Waals surface area contributed by atoms with Gasteiger partial charge in [0.2, 0.25) is 0 Å². The van der Waals surface area contributed by atoms with Gasteiger partial charge in [0.05, 0.1) is 18.4 Å². The van der Waals surface area contributed by atoms with Gasteiger partial charge in [-0.05, 0) is 78.0 Å². The van der Waals surface area contributed by atoms with Crippen molar-refractivity contribution in [2.75, 3.05) is 14.2 Å². The number of nitrogens with two attached hydrogens (primary N) is 1. The van der Waals surface area contributed by atoms with Gasteiger partial charge in [-0.3, -0.25) is 5.73 Å². The van der Waals surface area contributed by atoms with E-state index in [1.54, 1.807) is 14.2 Å². The van der Waals surface area contributed by atoms with E-state index in [2.05, 4.69) is 70.6 Å². The minimum atomic E-state index is -0.417. The highest BCUT2D eigenvalue weighted by molar-refractivity contribution is 14.2. The highest BCUT2D eigenvalue weighted by Gasteiger charge is 2.15. The first kappa shape index (κ1) is 21.5. The van der Waals surface area contributed by atoms with Crippen molar-refractivity contribution in [3.8, 4) is 33.8 Å². The van der Waals surface area contributed by atoms with Gasteiger partial charge in [-0.15, -0.1) is 0 Å². The third-order valence-corrected chi connectivity index (χ3v) is 7.00. The molecule has 0 atom stereocenters. The van der Waals surface area contributed by atoms with Gasteiger partial charge in [0.15, 0.2) is 17.3 Å². The van der Waals surface area contributed by atoms with Crippen LogP contribution in [0.5, 0.6) is 11.5 Å². The summed E-state index contributed by atoms with van der Waals surface area (Å²) >= 11 is -0.417. The van der Waals surface area contributed by atoms with E-state index in [4.69, 9.17) is 15.2 Å². The van der Waals surface area contributed by atoms with Gasteiger partial charge in [-0.2, -0.15) is 0 Å². The number of halogens is 1. The second-order valence-electron chi connectivity index (χ2n) is 7.49.